The maximum atomic E-state index is 12.4. The van der Waals surface area contributed by atoms with Crippen LogP contribution in [0.25, 0.3) is 5.95 Å². The van der Waals surface area contributed by atoms with Gasteiger partial charge in [-0.25, -0.2) is 19.4 Å². The van der Waals surface area contributed by atoms with Gasteiger partial charge in [-0.15, -0.1) is 0 Å². The van der Waals surface area contributed by atoms with Crippen molar-refractivity contribution < 1.29 is 4.79 Å². The van der Waals surface area contributed by atoms with E-state index in [1.54, 1.807) is 30.9 Å². The molecule has 2 amide bonds. The van der Waals surface area contributed by atoms with Gasteiger partial charge in [0.25, 0.3) is 0 Å². The molecule has 3 aromatic rings. The number of hydrogen-bond acceptors (Lipinski definition) is 5. The quantitative estimate of drug-likeness (QED) is 0.713. The molecule has 4 rings (SSSR count). The Kier molecular flexibility index (Phi) is 5.58. The first-order chi connectivity index (χ1) is 13.8. The SMILES string of the molecule is O=C(Nc1cnn(-c2ncccn2)c1)NC1CCCN(Cc2ccccc2)C1. The summed E-state index contributed by atoms with van der Waals surface area (Å²) in [6.45, 7) is 2.81. The van der Waals surface area contributed by atoms with Crippen molar-refractivity contribution in [1.82, 2.24) is 30.0 Å². The second-order valence-electron chi connectivity index (χ2n) is 6.88. The normalized spacial score (nSPS) is 17.2. The number of piperidine rings is 1. The highest BCUT2D eigenvalue weighted by atomic mass is 16.2. The molecule has 0 saturated carbocycles. The van der Waals surface area contributed by atoms with E-state index in [1.165, 1.54) is 10.2 Å². The third-order valence-corrected chi connectivity index (χ3v) is 4.69. The summed E-state index contributed by atoms with van der Waals surface area (Å²) in [5.41, 5.74) is 1.89. The molecular weight excluding hydrogens is 354 g/mol. The molecule has 1 unspecified atom stereocenters. The van der Waals surface area contributed by atoms with Crippen LogP contribution in [0.15, 0.2) is 61.2 Å². The van der Waals surface area contributed by atoms with Crippen molar-refractivity contribution in [2.75, 3.05) is 18.4 Å². The molecule has 1 fully saturated rings. The lowest BCUT2D eigenvalue weighted by atomic mass is 10.0. The number of amides is 2. The van der Waals surface area contributed by atoms with E-state index in [0.29, 0.717) is 11.6 Å². The fourth-order valence-corrected chi connectivity index (χ4v) is 3.42. The van der Waals surface area contributed by atoms with E-state index in [2.05, 4.69) is 54.9 Å². The third-order valence-electron chi connectivity index (χ3n) is 4.69. The molecule has 0 radical (unpaired) electrons. The monoisotopic (exact) mass is 377 g/mol. The van der Waals surface area contributed by atoms with Gasteiger partial charge < -0.3 is 10.6 Å². The maximum absolute atomic E-state index is 12.4. The van der Waals surface area contributed by atoms with Gasteiger partial charge in [-0.2, -0.15) is 5.10 Å². The first-order valence-electron chi connectivity index (χ1n) is 9.42. The number of carbonyl (C=O) groups excluding carboxylic acids is 1. The highest BCUT2D eigenvalue weighted by Crippen LogP contribution is 2.14. The molecule has 1 atom stereocenters. The first-order valence-corrected chi connectivity index (χ1v) is 9.42. The molecule has 1 aliphatic heterocycles. The van der Waals surface area contributed by atoms with Crippen molar-refractivity contribution in [2.45, 2.75) is 25.4 Å². The summed E-state index contributed by atoms with van der Waals surface area (Å²) in [5, 5.41) is 10.1. The second kappa shape index (κ2) is 8.62. The van der Waals surface area contributed by atoms with Gasteiger partial charge in [0.05, 0.1) is 18.1 Å². The Morgan fingerprint density at radius 1 is 1.14 bits per heavy atom. The molecule has 28 heavy (non-hydrogen) atoms. The minimum atomic E-state index is -0.222. The van der Waals surface area contributed by atoms with Crippen LogP contribution in [0, 0.1) is 0 Å². The van der Waals surface area contributed by atoms with Crippen LogP contribution in [-0.2, 0) is 6.54 Å². The first kappa shape index (κ1) is 18.1. The van der Waals surface area contributed by atoms with Gasteiger partial charge in [0.2, 0.25) is 5.95 Å². The zero-order valence-electron chi connectivity index (χ0n) is 15.5. The second-order valence-corrected chi connectivity index (χ2v) is 6.88. The van der Waals surface area contributed by atoms with Crippen LogP contribution in [0.2, 0.25) is 0 Å². The number of urea groups is 1. The van der Waals surface area contributed by atoms with Crippen molar-refractivity contribution in [3.63, 3.8) is 0 Å². The van der Waals surface area contributed by atoms with Crippen molar-refractivity contribution in [1.29, 1.82) is 0 Å². The van der Waals surface area contributed by atoms with Gasteiger partial charge in [-0.3, -0.25) is 4.90 Å². The maximum Gasteiger partial charge on any atom is 0.319 e. The molecule has 0 spiro atoms. The fraction of sp³-hybridized carbons (Fsp3) is 0.300. The summed E-state index contributed by atoms with van der Waals surface area (Å²) in [7, 11) is 0. The average molecular weight is 377 g/mol. The van der Waals surface area contributed by atoms with Crippen LogP contribution in [-0.4, -0.2) is 49.8 Å². The fourth-order valence-electron chi connectivity index (χ4n) is 3.42. The Hall–Kier alpha value is -3.26. The zero-order chi connectivity index (χ0) is 19.2. The van der Waals surface area contributed by atoms with E-state index in [0.717, 1.165) is 32.5 Å². The lowest BCUT2D eigenvalue weighted by molar-refractivity contribution is 0.183. The van der Waals surface area contributed by atoms with E-state index < -0.39 is 0 Å². The number of nitrogens with zero attached hydrogens (tertiary/aromatic N) is 5. The summed E-state index contributed by atoms with van der Waals surface area (Å²) in [4.78, 5) is 23.0. The van der Waals surface area contributed by atoms with Crippen molar-refractivity contribution in [3.05, 3.63) is 66.7 Å². The van der Waals surface area contributed by atoms with Gasteiger partial charge in [-0.1, -0.05) is 30.3 Å². The highest BCUT2D eigenvalue weighted by Gasteiger charge is 2.21. The van der Waals surface area contributed by atoms with Gasteiger partial charge in [-0.05, 0) is 31.0 Å². The lowest BCUT2D eigenvalue weighted by Crippen LogP contribution is -2.48. The molecule has 0 aliphatic carbocycles. The number of aromatic nitrogens is 4. The number of rotatable bonds is 5. The summed E-state index contributed by atoms with van der Waals surface area (Å²) >= 11 is 0. The Bertz CT molecular complexity index is 897. The summed E-state index contributed by atoms with van der Waals surface area (Å²) in [6, 6.07) is 12.1. The number of nitrogens with one attached hydrogen (secondary N) is 2. The minimum Gasteiger partial charge on any atom is -0.334 e. The predicted octanol–water partition coefficient (Wildman–Crippen LogP) is 2.45. The molecule has 144 valence electrons. The Labute approximate surface area is 163 Å². The van der Waals surface area contributed by atoms with Gasteiger partial charge >= 0.3 is 6.03 Å². The average Bonchev–Trinajstić information content (AvgIpc) is 3.18. The van der Waals surface area contributed by atoms with E-state index >= 15 is 0 Å². The Morgan fingerprint density at radius 3 is 2.79 bits per heavy atom. The van der Waals surface area contributed by atoms with Crippen molar-refractivity contribution in [2.24, 2.45) is 0 Å². The van der Waals surface area contributed by atoms with E-state index in [-0.39, 0.29) is 12.1 Å². The Morgan fingerprint density at radius 2 is 1.96 bits per heavy atom. The van der Waals surface area contributed by atoms with Crippen molar-refractivity contribution in [3.8, 4) is 5.95 Å². The van der Waals surface area contributed by atoms with E-state index in [4.69, 9.17) is 0 Å². The molecule has 2 N–H and O–H groups in total. The number of likely N-dealkylation sites (tertiary alicyclic amines) is 1. The molecule has 1 aliphatic rings. The number of hydrogen-bond donors (Lipinski definition) is 2. The predicted molar refractivity (Wildman–Crippen MR) is 106 cm³/mol. The number of benzene rings is 1. The Balaban J connectivity index is 1.29. The van der Waals surface area contributed by atoms with Crippen LogP contribution in [0.5, 0.6) is 0 Å². The standard InChI is InChI=1S/C20H23N7O/c28-20(25-18-12-23-27(15-18)19-21-9-5-10-22-19)24-17-8-4-11-26(14-17)13-16-6-2-1-3-7-16/h1-3,5-7,9-10,12,15,17H,4,8,11,13-14H2,(H2,24,25,28). The van der Waals surface area contributed by atoms with Gasteiger partial charge in [0.1, 0.15) is 0 Å². The van der Waals surface area contributed by atoms with E-state index in [1.807, 2.05) is 6.07 Å². The minimum absolute atomic E-state index is 0.130. The topological polar surface area (TPSA) is 88.0 Å². The number of carbonyl (C=O) groups is 1. The van der Waals surface area contributed by atoms with Crippen molar-refractivity contribution >= 4 is 11.7 Å². The van der Waals surface area contributed by atoms with Crippen LogP contribution >= 0.6 is 0 Å². The van der Waals surface area contributed by atoms with Crippen LogP contribution < -0.4 is 10.6 Å². The van der Waals surface area contributed by atoms with Gasteiger partial charge in [0, 0.05) is 31.5 Å². The van der Waals surface area contributed by atoms with E-state index in [9.17, 15) is 4.79 Å². The third kappa shape index (κ3) is 4.72. The van der Waals surface area contributed by atoms with Crippen LogP contribution in [0.4, 0.5) is 10.5 Å². The van der Waals surface area contributed by atoms with Gasteiger partial charge in [0.15, 0.2) is 0 Å². The summed E-state index contributed by atoms with van der Waals surface area (Å²) < 4.78 is 1.53. The molecule has 1 aromatic carbocycles. The number of anilines is 1. The molecule has 3 heterocycles. The zero-order valence-corrected chi connectivity index (χ0v) is 15.5. The smallest absolute Gasteiger partial charge is 0.319 e. The summed E-state index contributed by atoms with van der Waals surface area (Å²) in [6.07, 6.45) is 8.62. The van der Waals surface area contributed by atoms with Crippen LogP contribution in [0.1, 0.15) is 18.4 Å². The molecule has 0 bridgehead atoms. The molecular formula is C20H23N7O. The molecule has 8 nitrogen and oxygen atoms in total. The highest BCUT2D eigenvalue weighted by molar-refractivity contribution is 5.89. The molecule has 8 heteroatoms. The molecule has 1 saturated heterocycles. The summed E-state index contributed by atoms with van der Waals surface area (Å²) in [5.74, 6) is 0.458. The van der Waals surface area contributed by atoms with Crippen LogP contribution in [0.3, 0.4) is 0 Å². The largest absolute Gasteiger partial charge is 0.334 e. The molecule has 2 aromatic heterocycles. The lowest BCUT2D eigenvalue weighted by Gasteiger charge is -2.33.